The van der Waals surface area contributed by atoms with Crippen molar-refractivity contribution in [2.45, 2.75) is 6.10 Å². The van der Waals surface area contributed by atoms with E-state index in [1.54, 1.807) is 31.3 Å². The Kier molecular flexibility index (Phi) is 4.44. The number of benzene rings is 1. The number of anilines is 1. The van der Waals surface area contributed by atoms with E-state index in [1.165, 1.54) is 22.0 Å². The van der Waals surface area contributed by atoms with Gasteiger partial charge in [-0.1, -0.05) is 6.07 Å². The number of aromatic nitrogens is 5. The molecule has 0 bridgehead atoms. The van der Waals surface area contributed by atoms with Crippen LogP contribution in [0.2, 0.25) is 0 Å². The Morgan fingerprint density at radius 2 is 2.19 bits per heavy atom. The number of amides is 1. The van der Waals surface area contributed by atoms with Crippen molar-refractivity contribution < 1.29 is 13.9 Å². The zero-order valence-electron chi connectivity index (χ0n) is 14.2. The maximum absolute atomic E-state index is 14.7. The molecule has 0 aliphatic carbocycles. The van der Waals surface area contributed by atoms with Crippen LogP contribution in [0.3, 0.4) is 0 Å². The summed E-state index contributed by atoms with van der Waals surface area (Å²) in [6.07, 6.45) is 0.612. The van der Waals surface area contributed by atoms with Crippen molar-refractivity contribution in [3.63, 3.8) is 0 Å². The number of alkyl halides is 1. The van der Waals surface area contributed by atoms with Crippen molar-refractivity contribution in [1.29, 1.82) is 0 Å². The molecule has 1 aromatic carbocycles. The van der Waals surface area contributed by atoms with Gasteiger partial charge in [-0.15, -0.1) is 21.8 Å². The van der Waals surface area contributed by atoms with Crippen molar-refractivity contribution in [2.75, 3.05) is 17.3 Å². The van der Waals surface area contributed by atoms with Crippen LogP contribution in [-0.4, -0.2) is 49.8 Å². The molecule has 1 amide bonds. The Labute approximate surface area is 158 Å². The first-order valence-electron chi connectivity index (χ1n) is 8.09. The molecule has 1 saturated heterocycles. The minimum atomic E-state index is -0.532. The molecule has 3 aromatic rings. The molecule has 1 atom stereocenters. The third-order valence-electron chi connectivity index (χ3n) is 4.12. The topological polar surface area (TPSA) is 86.0 Å². The van der Waals surface area contributed by atoms with E-state index in [0.29, 0.717) is 34.9 Å². The number of carbonyl (C=O) groups is 1. The molecule has 0 saturated carbocycles. The maximum atomic E-state index is 14.7. The fourth-order valence-electron chi connectivity index (χ4n) is 2.79. The van der Waals surface area contributed by atoms with Crippen LogP contribution in [0.4, 0.5) is 14.9 Å². The summed E-state index contributed by atoms with van der Waals surface area (Å²) in [5, 5.41) is 11.7. The van der Waals surface area contributed by atoms with Crippen molar-refractivity contribution in [2.24, 2.45) is 7.05 Å². The van der Waals surface area contributed by atoms with Gasteiger partial charge in [-0.2, -0.15) is 4.80 Å². The van der Waals surface area contributed by atoms with E-state index in [4.69, 9.17) is 16.3 Å². The Balaban J connectivity index is 1.58. The van der Waals surface area contributed by atoms with Crippen LogP contribution < -0.4 is 4.90 Å². The van der Waals surface area contributed by atoms with Gasteiger partial charge in [-0.25, -0.2) is 9.18 Å². The van der Waals surface area contributed by atoms with Crippen LogP contribution in [0.5, 0.6) is 0 Å². The fraction of sp³-hybridized carbons (Fsp3) is 0.235. The second kappa shape index (κ2) is 6.92. The van der Waals surface area contributed by atoms with Crippen molar-refractivity contribution in [3.05, 3.63) is 42.3 Å². The summed E-state index contributed by atoms with van der Waals surface area (Å²) in [6.45, 7) is 0.294. The predicted molar refractivity (Wildman–Crippen MR) is 95.8 cm³/mol. The molecular formula is C17H14ClFN6O2. The summed E-state index contributed by atoms with van der Waals surface area (Å²) in [4.78, 5) is 18.8. The highest BCUT2D eigenvalue weighted by atomic mass is 35.5. The van der Waals surface area contributed by atoms with Gasteiger partial charge in [-0.3, -0.25) is 9.88 Å². The largest absolute Gasteiger partial charge is 0.443 e. The molecule has 27 heavy (non-hydrogen) atoms. The lowest BCUT2D eigenvalue weighted by Crippen LogP contribution is -2.24. The first-order chi connectivity index (χ1) is 13.0. The first kappa shape index (κ1) is 17.3. The number of ether oxygens (including phenoxy) is 1. The molecule has 1 aliphatic rings. The molecule has 8 nitrogen and oxygen atoms in total. The maximum Gasteiger partial charge on any atom is 0.414 e. The third-order valence-corrected chi connectivity index (χ3v) is 4.47. The van der Waals surface area contributed by atoms with E-state index in [1.807, 2.05) is 0 Å². The zero-order valence-corrected chi connectivity index (χ0v) is 15.0. The van der Waals surface area contributed by atoms with E-state index in [9.17, 15) is 9.18 Å². The van der Waals surface area contributed by atoms with Crippen molar-refractivity contribution in [1.82, 2.24) is 25.2 Å². The molecule has 4 rings (SSSR count). The molecule has 0 N–H and O–H groups in total. The Morgan fingerprint density at radius 3 is 2.78 bits per heavy atom. The number of rotatable bonds is 4. The lowest BCUT2D eigenvalue weighted by Gasteiger charge is -2.14. The molecular weight excluding hydrogens is 375 g/mol. The van der Waals surface area contributed by atoms with Gasteiger partial charge < -0.3 is 4.74 Å². The van der Waals surface area contributed by atoms with Crippen LogP contribution in [-0.2, 0) is 11.8 Å². The molecule has 10 heteroatoms. The van der Waals surface area contributed by atoms with Gasteiger partial charge in [0.2, 0.25) is 5.82 Å². The number of nitrogens with zero attached hydrogens (tertiary/aromatic N) is 6. The molecule has 1 fully saturated rings. The Hall–Kier alpha value is -3.07. The van der Waals surface area contributed by atoms with E-state index < -0.39 is 18.0 Å². The number of pyridine rings is 1. The summed E-state index contributed by atoms with van der Waals surface area (Å²) >= 11 is 5.72. The monoisotopic (exact) mass is 388 g/mol. The van der Waals surface area contributed by atoms with Crippen LogP contribution >= 0.6 is 11.6 Å². The van der Waals surface area contributed by atoms with Crippen LogP contribution in [0, 0.1) is 5.82 Å². The van der Waals surface area contributed by atoms with Crippen LogP contribution in [0.25, 0.3) is 22.6 Å². The van der Waals surface area contributed by atoms with Gasteiger partial charge in [-0.05, 0) is 29.5 Å². The summed E-state index contributed by atoms with van der Waals surface area (Å²) < 4.78 is 19.7. The number of halogens is 2. The molecule has 0 radical (unpaired) electrons. The lowest BCUT2D eigenvalue weighted by atomic mass is 10.1. The number of hydrogen-bond donors (Lipinski definition) is 0. The molecule has 1 aliphatic heterocycles. The minimum absolute atomic E-state index is 0.196. The average Bonchev–Trinajstić information content (AvgIpc) is 3.27. The lowest BCUT2D eigenvalue weighted by molar-refractivity contribution is 0.151. The summed E-state index contributed by atoms with van der Waals surface area (Å²) in [5.74, 6) is 0.115. The molecule has 0 unspecified atom stereocenters. The number of tetrazole rings is 1. The first-order valence-corrected chi connectivity index (χ1v) is 8.63. The highest BCUT2D eigenvalue weighted by Crippen LogP contribution is 2.29. The highest BCUT2D eigenvalue weighted by Gasteiger charge is 2.32. The predicted octanol–water partition coefficient (Wildman–Crippen LogP) is 2.64. The number of aryl methyl sites for hydroxylation is 1. The smallest absolute Gasteiger partial charge is 0.414 e. The van der Waals surface area contributed by atoms with E-state index >= 15 is 0 Å². The van der Waals surface area contributed by atoms with Gasteiger partial charge in [0.1, 0.15) is 17.6 Å². The average molecular weight is 389 g/mol. The van der Waals surface area contributed by atoms with Gasteiger partial charge in [0.15, 0.2) is 0 Å². The van der Waals surface area contributed by atoms with Crippen LogP contribution in [0.15, 0.2) is 36.5 Å². The zero-order chi connectivity index (χ0) is 19.0. The Morgan fingerprint density at radius 1 is 1.33 bits per heavy atom. The SMILES string of the molecule is Cn1nnc(-c2ccc(-c3ccc(N4C[C@H](CCl)OC4=O)cc3F)cn2)n1. The molecule has 3 heterocycles. The third kappa shape index (κ3) is 3.33. The van der Waals surface area contributed by atoms with Crippen molar-refractivity contribution in [3.8, 4) is 22.6 Å². The molecule has 2 aromatic heterocycles. The second-order valence-electron chi connectivity index (χ2n) is 5.97. The number of carbonyl (C=O) groups excluding carboxylic acids is 1. The summed E-state index contributed by atoms with van der Waals surface area (Å²) in [6, 6.07) is 7.98. The fourth-order valence-corrected chi connectivity index (χ4v) is 2.95. The van der Waals surface area contributed by atoms with Gasteiger partial charge in [0, 0.05) is 17.3 Å². The standard InChI is InChI=1S/C17H14ClFN6O2/c1-24-22-16(21-23-24)15-5-2-10(8-20-15)13-4-3-11(6-14(13)19)25-9-12(7-18)27-17(25)26/h2-6,8,12H,7,9H2,1H3/t12-/m0/s1. The minimum Gasteiger partial charge on any atom is -0.443 e. The number of hydrogen-bond acceptors (Lipinski definition) is 6. The quantitative estimate of drug-likeness (QED) is 0.639. The van der Waals surface area contributed by atoms with Gasteiger partial charge in [0.05, 0.1) is 25.2 Å². The summed E-state index contributed by atoms with van der Waals surface area (Å²) in [7, 11) is 1.66. The Bertz CT molecular complexity index is 993. The number of cyclic esters (lactones) is 1. The van der Waals surface area contributed by atoms with Gasteiger partial charge in [0.25, 0.3) is 0 Å². The second-order valence-corrected chi connectivity index (χ2v) is 6.28. The van der Waals surface area contributed by atoms with Crippen molar-refractivity contribution >= 4 is 23.4 Å². The van der Waals surface area contributed by atoms with E-state index in [0.717, 1.165) is 0 Å². The molecule has 138 valence electrons. The summed E-state index contributed by atoms with van der Waals surface area (Å²) in [5.41, 5.74) is 1.92. The van der Waals surface area contributed by atoms with E-state index in [2.05, 4.69) is 20.4 Å². The van der Waals surface area contributed by atoms with E-state index in [-0.39, 0.29) is 5.88 Å². The highest BCUT2D eigenvalue weighted by molar-refractivity contribution is 6.18. The van der Waals surface area contributed by atoms with Crippen LogP contribution in [0.1, 0.15) is 0 Å². The molecule has 0 spiro atoms. The normalized spacial score (nSPS) is 16.6. The van der Waals surface area contributed by atoms with Gasteiger partial charge >= 0.3 is 6.09 Å².